The van der Waals surface area contributed by atoms with Crippen molar-refractivity contribution < 1.29 is 18.7 Å². The summed E-state index contributed by atoms with van der Waals surface area (Å²) in [7, 11) is 1.57. The van der Waals surface area contributed by atoms with E-state index in [1.165, 1.54) is 12.1 Å². The standard InChI is InChI=1S/C22H26FN3O3/c1-22(20(27)24-14-16-7-9-17(23)10-8-16)11-4-12-26(15-22)21(28)25-18-5-3-6-19(13-18)29-2/h3,5-10,13H,4,11-12,14-15H2,1-2H3,(H,24,27)(H,25,28)/t22-/m1/s1. The van der Waals surface area contributed by atoms with Crippen LogP contribution < -0.4 is 15.4 Å². The van der Waals surface area contributed by atoms with Gasteiger partial charge in [-0.1, -0.05) is 18.2 Å². The summed E-state index contributed by atoms with van der Waals surface area (Å²) in [5, 5.41) is 5.78. The van der Waals surface area contributed by atoms with Gasteiger partial charge in [-0.2, -0.15) is 0 Å². The highest BCUT2D eigenvalue weighted by Crippen LogP contribution is 2.30. The van der Waals surface area contributed by atoms with Crippen LogP contribution in [0.2, 0.25) is 0 Å². The number of carbonyl (C=O) groups excluding carboxylic acids is 2. The van der Waals surface area contributed by atoms with Gasteiger partial charge < -0.3 is 20.3 Å². The Bertz CT molecular complexity index is 872. The van der Waals surface area contributed by atoms with Crippen molar-refractivity contribution in [3.8, 4) is 5.75 Å². The Morgan fingerprint density at radius 2 is 1.97 bits per heavy atom. The van der Waals surface area contributed by atoms with E-state index in [9.17, 15) is 14.0 Å². The van der Waals surface area contributed by atoms with Gasteiger partial charge in [0.05, 0.1) is 12.5 Å². The van der Waals surface area contributed by atoms with Crippen LogP contribution in [0.15, 0.2) is 48.5 Å². The highest BCUT2D eigenvalue weighted by atomic mass is 19.1. The molecule has 1 atom stereocenters. The molecule has 2 N–H and O–H groups in total. The van der Waals surface area contributed by atoms with E-state index >= 15 is 0 Å². The second-order valence-electron chi connectivity index (χ2n) is 7.56. The van der Waals surface area contributed by atoms with Crippen molar-refractivity contribution >= 4 is 17.6 Å². The zero-order valence-electron chi connectivity index (χ0n) is 16.7. The van der Waals surface area contributed by atoms with Gasteiger partial charge in [0.25, 0.3) is 0 Å². The SMILES string of the molecule is COc1cccc(NC(=O)N2CCC[C@@](C)(C(=O)NCc3ccc(F)cc3)C2)c1. The van der Waals surface area contributed by atoms with Gasteiger partial charge in [0.1, 0.15) is 11.6 Å². The summed E-state index contributed by atoms with van der Waals surface area (Å²) in [5.41, 5.74) is 0.790. The van der Waals surface area contributed by atoms with Gasteiger partial charge in [-0.3, -0.25) is 4.79 Å². The molecule has 0 saturated carbocycles. The molecule has 1 heterocycles. The monoisotopic (exact) mass is 399 g/mol. The second kappa shape index (κ2) is 8.94. The number of carbonyl (C=O) groups is 2. The van der Waals surface area contributed by atoms with Gasteiger partial charge in [-0.05, 0) is 49.6 Å². The molecule has 1 fully saturated rings. The molecule has 29 heavy (non-hydrogen) atoms. The van der Waals surface area contributed by atoms with Crippen LogP contribution in [0.3, 0.4) is 0 Å². The number of hydrogen-bond acceptors (Lipinski definition) is 3. The first kappa shape index (κ1) is 20.6. The number of piperidine rings is 1. The number of nitrogens with one attached hydrogen (secondary N) is 2. The molecule has 2 aromatic rings. The van der Waals surface area contributed by atoms with E-state index in [0.717, 1.165) is 12.0 Å². The molecule has 154 valence electrons. The fourth-order valence-corrected chi connectivity index (χ4v) is 3.50. The van der Waals surface area contributed by atoms with Crippen LogP contribution in [0.1, 0.15) is 25.3 Å². The summed E-state index contributed by atoms with van der Waals surface area (Å²) in [6.07, 6.45) is 1.44. The van der Waals surface area contributed by atoms with E-state index < -0.39 is 5.41 Å². The van der Waals surface area contributed by atoms with Crippen LogP contribution in [0.5, 0.6) is 5.75 Å². The molecule has 1 aliphatic rings. The van der Waals surface area contributed by atoms with E-state index in [4.69, 9.17) is 4.74 Å². The van der Waals surface area contributed by atoms with Gasteiger partial charge in [0.2, 0.25) is 5.91 Å². The minimum atomic E-state index is -0.677. The third-order valence-corrected chi connectivity index (χ3v) is 5.22. The van der Waals surface area contributed by atoms with Crippen molar-refractivity contribution in [3.63, 3.8) is 0 Å². The normalized spacial score (nSPS) is 18.8. The van der Waals surface area contributed by atoms with Crippen molar-refractivity contribution in [2.24, 2.45) is 5.41 Å². The van der Waals surface area contributed by atoms with Crippen molar-refractivity contribution in [3.05, 3.63) is 59.9 Å². The molecule has 1 aliphatic heterocycles. The number of halogens is 1. The lowest BCUT2D eigenvalue weighted by Gasteiger charge is -2.39. The Balaban J connectivity index is 1.59. The lowest BCUT2D eigenvalue weighted by Crippen LogP contribution is -2.52. The van der Waals surface area contributed by atoms with Crippen LogP contribution in [0, 0.1) is 11.2 Å². The van der Waals surface area contributed by atoms with E-state index in [2.05, 4.69) is 10.6 Å². The average molecular weight is 399 g/mol. The molecule has 0 unspecified atom stereocenters. The predicted octanol–water partition coefficient (Wildman–Crippen LogP) is 3.78. The van der Waals surface area contributed by atoms with Crippen molar-refractivity contribution in [1.82, 2.24) is 10.2 Å². The average Bonchev–Trinajstić information content (AvgIpc) is 2.73. The number of amides is 3. The van der Waals surface area contributed by atoms with E-state index in [0.29, 0.717) is 37.5 Å². The zero-order valence-corrected chi connectivity index (χ0v) is 16.7. The topological polar surface area (TPSA) is 70.7 Å². The second-order valence-corrected chi connectivity index (χ2v) is 7.56. The van der Waals surface area contributed by atoms with Gasteiger partial charge >= 0.3 is 6.03 Å². The van der Waals surface area contributed by atoms with Crippen LogP contribution in [0.4, 0.5) is 14.9 Å². The smallest absolute Gasteiger partial charge is 0.321 e. The van der Waals surface area contributed by atoms with Crippen molar-refractivity contribution in [2.45, 2.75) is 26.3 Å². The third kappa shape index (κ3) is 5.25. The van der Waals surface area contributed by atoms with Crippen molar-refractivity contribution in [2.75, 3.05) is 25.5 Å². The molecule has 6 nitrogen and oxygen atoms in total. The Morgan fingerprint density at radius 3 is 2.69 bits per heavy atom. The summed E-state index contributed by atoms with van der Waals surface area (Å²) in [6.45, 7) is 3.12. The van der Waals surface area contributed by atoms with Crippen LogP contribution in [-0.2, 0) is 11.3 Å². The maximum atomic E-state index is 13.0. The maximum absolute atomic E-state index is 13.0. The van der Waals surface area contributed by atoms with Gasteiger partial charge in [0.15, 0.2) is 0 Å². The first-order chi connectivity index (χ1) is 13.9. The number of anilines is 1. The lowest BCUT2D eigenvalue weighted by atomic mass is 9.81. The number of ether oxygens (including phenoxy) is 1. The zero-order chi connectivity index (χ0) is 20.9. The number of hydrogen-bond donors (Lipinski definition) is 2. The first-order valence-electron chi connectivity index (χ1n) is 9.62. The summed E-state index contributed by atoms with van der Waals surface area (Å²) in [6, 6.07) is 12.9. The van der Waals surface area contributed by atoms with E-state index in [1.54, 1.807) is 48.4 Å². The third-order valence-electron chi connectivity index (χ3n) is 5.22. The maximum Gasteiger partial charge on any atom is 0.321 e. The largest absolute Gasteiger partial charge is 0.497 e. The fourth-order valence-electron chi connectivity index (χ4n) is 3.50. The summed E-state index contributed by atoms with van der Waals surface area (Å²) >= 11 is 0. The van der Waals surface area contributed by atoms with Crippen LogP contribution in [-0.4, -0.2) is 37.0 Å². The number of nitrogens with zero attached hydrogens (tertiary/aromatic N) is 1. The van der Waals surface area contributed by atoms with Crippen LogP contribution >= 0.6 is 0 Å². The first-order valence-corrected chi connectivity index (χ1v) is 9.62. The Labute approximate surface area is 170 Å². The fraction of sp³-hybridized carbons (Fsp3) is 0.364. The molecular formula is C22H26FN3O3. The van der Waals surface area contributed by atoms with Crippen molar-refractivity contribution in [1.29, 1.82) is 0 Å². The minimum absolute atomic E-state index is 0.110. The molecule has 0 bridgehead atoms. The molecular weight excluding hydrogens is 373 g/mol. The summed E-state index contributed by atoms with van der Waals surface area (Å²) < 4.78 is 18.2. The Morgan fingerprint density at radius 1 is 1.21 bits per heavy atom. The number of urea groups is 1. The van der Waals surface area contributed by atoms with E-state index in [-0.39, 0.29) is 17.8 Å². The molecule has 0 spiro atoms. The summed E-state index contributed by atoms with van der Waals surface area (Å²) in [4.78, 5) is 27.2. The molecule has 0 radical (unpaired) electrons. The predicted molar refractivity (Wildman–Crippen MR) is 109 cm³/mol. The Kier molecular flexibility index (Phi) is 6.36. The minimum Gasteiger partial charge on any atom is -0.497 e. The number of likely N-dealkylation sites (tertiary alicyclic amines) is 1. The molecule has 0 aliphatic carbocycles. The highest BCUT2D eigenvalue weighted by Gasteiger charge is 2.39. The van der Waals surface area contributed by atoms with Gasteiger partial charge in [-0.25, -0.2) is 9.18 Å². The lowest BCUT2D eigenvalue weighted by molar-refractivity contribution is -0.132. The molecule has 0 aromatic heterocycles. The highest BCUT2D eigenvalue weighted by molar-refractivity contribution is 5.90. The Hall–Kier alpha value is -3.09. The number of benzene rings is 2. The quantitative estimate of drug-likeness (QED) is 0.804. The number of methoxy groups -OCH3 is 1. The summed E-state index contributed by atoms with van der Waals surface area (Å²) in [5.74, 6) is 0.240. The van der Waals surface area contributed by atoms with Gasteiger partial charge in [-0.15, -0.1) is 0 Å². The van der Waals surface area contributed by atoms with Gasteiger partial charge in [0, 0.05) is 31.4 Å². The number of rotatable bonds is 5. The van der Waals surface area contributed by atoms with E-state index in [1.807, 2.05) is 6.92 Å². The molecule has 3 rings (SSSR count). The molecule has 7 heteroatoms. The van der Waals surface area contributed by atoms with Crippen LogP contribution in [0.25, 0.3) is 0 Å². The molecule has 3 amide bonds. The molecule has 2 aromatic carbocycles. The molecule has 1 saturated heterocycles.